The third kappa shape index (κ3) is 4.21. The zero-order valence-corrected chi connectivity index (χ0v) is 12.0. The lowest BCUT2D eigenvalue weighted by atomic mass is 10.3. The second kappa shape index (κ2) is 6.52. The minimum absolute atomic E-state index is 0.427. The van der Waals surface area contributed by atoms with E-state index in [-0.39, 0.29) is 0 Å². The van der Waals surface area contributed by atoms with Gasteiger partial charge >= 0.3 is 0 Å². The molecule has 104 valence electrons. The lowest BCUT2D eigenvalue weighted by molar-refractivity contribution is 0.430. The van der Waals surface area contributed by atoms with Crippen LogP contribution in [0.3, 0.4) is 0 Å². The van der Waals surface area contributed by atoms with Crippen molar-refractivity contribution in [3.8, 4) is 0 Å². The van der Waals surface area contributed by atoms with Crippen LogP contribution in [0.5, 0.6) is 0 Å². The molecular weight excluding hydrogens is 238 g/mol. The monoisotopic (exact) mass is 261 g/mol. The normalized spacial score (nSPS) is 12.8. The van der Waals surface area contributed by atoms with Crippen LogP contribution < -0.4 is 5.32 Å². The molecule has 0 saturated carbocycles. The molecule has 0 fully saturated rings. The molecule has 2 rings (SSSR count). The van der Waals surface area contributed by atoms with Crippen LogP contribution in [0.15, 0.2) is 24.5 Å². The van der Waals surface area contributed by atoms with Gasteiger partial charge in [-0.3, -0.25) is 9.36 Å². The van der Waals surface area contributed by atoms with Gasteiger partial charge in [0.2, 0.25) is 0 Å². The van der Waals surface area contributed by atoms with Crippen molar-refractivity contribution in [2.24, 2.45) is 0 Å². The summed E-state index contributed by atoms with van der Waals surface area (Å²) in [6.07, 6.45) is 4.90. The van der Waals surface area contributed by atoms with Crippen LogP contribution in [0.2, 0.25) is 0 Å². The lowest BCUT2D eigenvalue weighted by Gasteiger charge is -2.15. The van der Waals surface area contributed by atoms with Crippen molar-refractivity contribution in [1.29, 1.82) is 0 Å². The molecule has 0 radical (unpaired) electrons. The predicted octanol–water partition coefficient (Wildman–Crippen LogP) is 1.76. The molecule has 5 nitrogen and oxygen atoms in total. The summed E-state index contributed by atoms with van der Waals surface area (Å²) < 4.78 is 4.04. The Bertz CT molecular complexity index is 486. The molecule has 0 aromatic carbocycles. The van der Waals surface area contributed by atoms with Crippen LogP contribution in [0.25, 0.3) is 0 Å². The Balaban J connectivity index is 1.67. The smallest absolute Gasteiger partial charge is 0.0596 e. The minimum Gasteiger partial charge on any atom is -0.312 e. The van der Waals surface area contributed by atoms with Crippen LogP contribution in [-0.2, 0) is 13.1 Å². The minimum atomic E-state index is 0.427. The number of aromatic nitrogens is 4. The Labute approximate surface area is 114 Å². The summed E-state index contributed by atoms with van der Waals surface area (Å²) in [5.74, 6) is 0. The van der Waals surface area contributed by atoms with Crippen molar-refractivity contribution >= 4 is 0 Å². The summed E-state index contributed by atoms with van der Waals surface area (Å²) in [4.78, 5) is 0. The van der Waals surface area contributed by atoms with Crippen LogP contribution in [0.1, 0.15) is 24.7 Å². The first-order valence-electron chi connectivity index (χ1n) is 6.87. The fraction of sp³-hybridized carbons (Fsp3) is 0.571. The Hall–Kier alpha value is -1.62. The first kappa shape index (κ1) is 13.8. The largest absolute Gasteiger partial charge is 0.312 e. The molecule has 0 spiro atoms. The van der Waals surface area contributed by atoms with Gasteiger partial charge in [-0.05, 0) is 45.9 Å². The van der Waals surface area contributed by atoms with Crippen molar-refractivity contribution < 1.29 is 0 Å². The molecule has 2 aromatic heterocycles. The average Bonchev–Trinajstić information content (AvgIpc) is 2.96. The Morgan fingerprint density at radius 3 is 2.84 bits per heavy atom. The molecule has 1 N–H and O–H groups in total. The Morgan fingerprint density at radius 1 is 1.37 bits per heavy atom. The molecule has 1 unspecified atom stereocenters. The maximum absolute atomic E-state index is 4.48. The first-order chi connectivity index (χ1) is 9.15. The zero-order valence-electron chi connectivity index (χ0n) is 12.0. The van der Waals surface area contributed by atoms with Crippen LogP contribution in [0, 0.1) is 13.8 Å². The maximum Gasteiger partial charge on any atom is 0.0596 e. The second-order valence-electron chi connectivity index (χ2n) is 5.09. The van der Waals surface area contributed by atoms with Gasteiger partial charge in [0.25, 0.3) is 0 Å². The van der Waals surface area contributed by atoms with Crippen LogP contribution >= 0.6 is 0 Å². The van der Waals surface area contributed by atoms with Crippen molar-refractivity contribution in [3.63, 3.8) is 0 Å². The molecule has 0 saturated heterocycles. The summed E-state index contributed by atoms with van der Waals surface area (Å²) in [6, 6.07) is 4.50. The number of rotatable bonds is 7. The summed E-state index contributed by atoms with van der Waals surface area (Å²) in [5, 5.41) is 12.2. The Kier molecular flexibility index (Phi) is 4.74. The van der Waals surface area contributed by atoms with Gasteiger partial charge in [-0.1, -0.05) is 0 Å². The molecule has 0 aliphatic carbocycles. The molecular formula is C14H23N5. The van der Waals surface area contributed by atoms with Gasteiger partial charge in [0.1, 0.15) is 0 Å². The molecule has 5 heteroatoms. The highest BCUT2D eigenvalue weighted by molar-refractivity contribution is 5.06. The van der Waals surface area contributed by atoms with E-state index >= 15 is 0 Å². The van der Waals surface area contributed by atoms with E-state index in [0.29, 0.717) is 6.04 Å². The van der Waals surface area contributed by atoms with E-state index in [0.717, 1.165) is 31.7 Å². The van der Waals surface area contributed by atoms with E-state index in [1.54, 1.807) is 0 Å². The van der Waals surface area contributed by atoms with Gasteiger partial charge in [-0.25, -0.2) is 0 Å². The third-order valence-electron chi connectivity index (χ3n) is 3.17. The van der Waals surface area contributed by atoms with Gasteiger partial charge in [-0.2, -0.15) is 10.2 Å². The fourth-order valence-corrected chi connectivity index (χ4v) is 2.21. The average molecular weight is 261 g/mol. The maximum atomic E-state index is 4.48. The highest BCUT2D eigenvalue weighted by Crippen LogP contribution is 2.02. The highest BCUT2D eigenvalue weighted by Gasteiger charge is 2.06. The molecule has 2 aromatic rings. The van der Waals surface area contributed by atoms with Crippen molar-refractivity contribution in [1.82, 2.24) is 24.9 Å². The predicted molar refractivity (Wildman–Crippen MR) is 76.0 cm³/mol. The summed E-state index contributed by atoms with van der Waals surface area (Å²) in [7, 11) is 0. The number of nitrogens with one attached hydrogen (secondary N) is 1. The molecule has 0 aliphatic rings. The molecule has 0 amide bonds. The second-order valence-corrected chi connectivity index (χ2v) is 5.09. The van der Waals surface area contributed by atoms with E-state index < -0.39 is 0 Å². The summed E-state index contributed by atoms with van der Waals surface area (Å²) in [5.41, 5.74) is 2.31. The van der Waals surface area contributed by atoms with Gasteiger partial charge in [-0.15, -0.1) is 0 Å². The number of hydrogen-bond donors (Lipinski definition) is 1. The number of hydrogen-bond acceptors (Lipinski definition) is 3. The first-order valence-corrected chi connectivity index (χ1v) is 6.87. The van der Waals surface area contributed by atoms with Gasteiger partial charge < -0.3 is 5.32 Å². The zero-order chi connectivity index (χ0) is 13.7. The van der Waals surface area contributed by atoms with Gasteiger partial charge in [0.15, 0.2) is 0 Å². The molecule has 1 atom stereocenters. The summed E-state index contributed by atoms with van der Waals surface area (Å²) >= 11 is 0. The van der Waals surface area contributed by atoms with E-state index in [1.165, 1.54) is 5.69 Å². The SMILES string of the molecule is Cc1cc(C)n(CC(C)NCCCn2cccn2)n1. The third-order valence-corrected chi connectivity index (χ3v) is 3.17. The van der Waals surface area contributed by atoms with Crippen LogP contribution in [-0.4, -0.2) is 32.1 Å². The molecule has 2 heterocycles. The van der Waals surface area contributed by atoms with E-state index in [1.807, 2.05) is 30.1 Å². The topological polar surface area (TPSA) is 47.7 Å². The fourth-order valence-electron chi connectivity index (χ4n) is 2.21. The molecule has 0 aliphatic heterocycles. The van der Waals surface area contributed by atoms with Crippen molar-refractivity contribution in [2.45, 2.75) is 46.3 Å². The van der Waals surface area contributed by atoms with Crippen LogP contribution in [0.4, 0.5) is 0 Å². The quantitative estimate of drug-likeness (QED) is 0.773. The van der Waals surface area contributed by atoms with Gasteiger partial charge in [0.05, 0.1) is 12.2 Å². The van der Waals surface area contributed by atoms with E-state index in [2.05, 4.69) is 40.1 Å². The molecule has 0 bridgehead atoms. The lowest BCUT2D eigenvalue weighted by Crippen LogP contribution is -2.32. The molecule has 19 heavy (non-hydrogen) atoms. The van der Waals surface area contributed by atoms with E-state index in [4.69, 9.17) is 0 Å². The van der Waals surface area contributed by atoms with Crippen molar-refractivity contribution in [3.05, 3.63) is 35.9 Å². The van der Waals surface area contributed by atoms with Gasteiger partial charge in [0, 0.05) is 30.7 Å². The highest BCUT2D eigenvalue weighted by atomic mass is 15.3. The Morgan fingerprint density at radius 2 is 2.21 bits per heavy atom. The van der Waals surface area contributed by atoms with E-state index in [9.17, 15) is 0 Å². The number of aryl methyl sites for hydroxylation is 3. The summed E-state index contributed by atoms with van der Waals surface area (Å²) in [6.45, 7) is 9.22. The standard InChI is InChI=1S/C14H23N5/c1-12-10-14(3)19(17-12)11-13(2)15-6-4-8-18-9-5-7-16-18/h5,7,9-10,13,15H,4,6,8,11H2,1-3H3. The van der Waals surface area contributed by atoms with Crippen molar-refractivity contribution in [2.75, 3.05) is 6.54 Å². The number of nitrogens with zero attached hydrogens (tertiary/aromatic N) is 4.